The van der Waals surface area contributed by atoms with Gasteiger partial charge in [0.15, 0.2) is 0 Å². The summed E-state index contributed by atoms with van der Waals surface area (Å²) in [5.41, 5.74) is 7.05. The van der Waals surface area contributed by atoms with Gasteiger partial charge >= 0.3 is 0 Å². The molecule has 0 amide bonds. The van der Waals surface area contributed by atoms with Gasteiger partial charge in [-0.2, -0.15) is 0 Å². The molecule has 1 aromatic heterocycles. The van der Waals surface area contributed by atoms with Gasteiger partial charge in [0.25, 0.3) is 0 Å². The lowest BCUT2D eigenvalue weighted by molar-refractivity contribution is 0.176. The number of hydrogen-bond donors (Lipinski definition) is 2. The third-order valence-corrected chi connectivity index (χ3v) is 5.96. The van der Waals surface area contributed by atoms with E-state index in [9.17, 15) is 14.6 Å². The van der Waals surface area contributed by atoms with E-state index < -0.39 is 0 Å². The van der Waals surface area contributed by atoms with Gasteiger partial charge in [-0.1, -0.05) is 19.1 Å². The molecule has 0 fully saturated rings. The first-order chi connectivity index (χ1) is 13.6. The van der Waals surface area contributed by atoms with Crippen LogP contribution in [0.3, 0.4) is 0 Å². The van der Waals surface area contributed by atoms with E-state index in [4.69, 9.17) is 4.74 Å². The van der Waals surface area contributed by atoms with Crippen LogP contribution in [0.1, 0.15) is 60.2 Å². The Labute approximate surface area is 165 Å². The summed E-state index contributed by atoms with van der Waals surface area (Å²) in [5, 5.41) is 19.2. The molecule has 2 aliphatic rings. The number of aliphatic hydroxyl groups excluding tert-OH is 2. The second-order valence-electron chi connectivity index (χ2n) is 7.87. The summed E-state index contributed by atoms with van der Waals surface area (Å²) in [6.45, 7) is 3.06. The van der Waals surface area contributed by atoms with Crippen molar-refractivity contribution in [3.63, 3.8) is 0 Å². The van der Waals surface area contributed by atoms with Gasteiger partial charge in [0.1, 0.15) is 18.2 Å². The molecule has 2 aliphatic carbocycles. The van der Waals surface area contributed by atoms with Crippen molar-refractivity contribution in [1.29, 1.82) is 0 Å². The fraction of sp³-hybridized carbons (Fsp3) is 0.478. The molecular formula is C23H28FNO3. The number of nitrogens with zero attached hydrogens (tertiary/aromatic N) is 1. The molecule has 1 aromatic carbocycles. The van der Waals surface area contributed by atoms with Crippen molar-refractivity contribution in [2.75, 3.05) is 19.8 Å². The Morgan fingerprint density at radius 3 is 2.61 bits per heavy atom. The summed E-state index contributed by atoms with van der Waals surface area (Å²) >= 11 is 0. The molecule has 0 radical (unpaired) electrons. The van der Waals surface area contributed by atoms with Crippen LogP contribution < -0.4 is 0 Å². The number of aliphatic hydroxyl groups is 2. The Bertz CT molecular complexity index is 882. The van der Waals surface area contributed by atoms with Crippen molar-refractivity contribution >= 4 is 5.76 Å². The SMILES string of the molecule is CC1CC(CO)=C(OCCO)c2c3c(n(Cc4ccc(F)cc4)c21)CCCC3. The summed E-state index contributed by atoms with van der Waals surface area (Å²) in [4.78, 5) is 0. The van der Waals surface area contributed by atoms with E-state index in [0.29, 0.717) is 6.54 Å². The van der Waals surface area contributed by atoms with Crippen LogP contribution in [-0.2, 0) is 24.1 Å². The molecule has 0 saturated carbocycles. The van der Waals surface area contributed by atoms with Gasteiger partial charge in [0, 0.05) is 29.4 Å². The highest BCUT2D eigenvalue weighted by Gasteiger charge is 2.34. The average molecular weight is 385 g/mol. The lowest BCUT2D eigenvalue weighted by atomic mass is 9.84. The highest BCUT2D eigenvalue weighted by molar-refractivity contribution is 5.73. The molecule has 5 heteroatoms. The van der Waals surface area contributed by atoms with Gasteiger partial charge < -0.3 is 19.5 Å². The normalized spacial score (nSPS) is 18.8. The van der Waals surface area contributed by atoms with Crippen LogP contribution in [0.15, 0.2) is 29.8 Å². The monoisotopic (exact) mass is 385 g/mol. The third-order valence-electron chi connectivity index (χ3n) is 5.96. The summed E-state index contributed by atoms with van der Waals surface area (Å²) in [6.07, 6.45) is 5.09. The zero-order valence-electron chi connectivity index (χ0n) is 16.4. The molecule has 1 unspecified atom stereocenters. The molecule has 2 aromatic rings. The maximum Gasteiger partial charge on any atom is 0.130 e. The number of ether oxygens (including phenoxy) is 1. The highest BCUT2D eigenvalue weighted by Crippen LogP contribution is 2.45. The number of halogens is 1. The van der Waals surface area contributed by atoms with E-state index in [1.165, 1.54) is 29.1 Å². The van der Waals surface area contributed by atoms with Gasteiger partial charge in [-0.05, 0) is 60.9 Å². The van der Waals surface area contributed by atoms with Crippen molar-refractivity contribution in [1.82, 2.24) is 4.57 Å². The van der Waals surface area contributed by atoms with Crippen molar-refractivity contribution in [2.24, 2.45) is 0 Å². The van der Waals surface area contributed by atoms with Gasteiger partial charge in [0.05, 0.1) is 13.2 Å². The standard InChI is InChI=1S/C23H28FNO3/c1-15-12-17(14-27)23(28-11-10-26)21-19-4-2-3-5-20(19)25(22(15)21)13-16-6-8-18(24)9-7-16/h6-9,15,26-27H,2-5,10-14H2,1H3. The summed E-state index contributed by atoms with van der Waals surface area (Å²) in [7, 11) is 0. The van der Waals surface area contributed by atoms with Crippen molar-refractivity contribution < 1.29 is 19.3 Å². The van der Waals surface area contributed by atoms with Gasteiger partial charge in [-0.3, -0.25) is 0 Å². The summed E-state index contributed by atoms with van der Waals surface area (Å²) in [5.74, 6) is 0.814. The minimum absolute atomic E-state index is 0.0253. The molecule has 4 rings (SSSR count). The van der Waals surface area contributed by atoms with Crippen LogP contribution in [-0.4, -0.2) is 34.6 Å². The molecule has 2 N–H and O–H groups in total. The Hall–Kier alpha value is -2.11. The van der Waals surface area contributed by atoms with E-state index in [0.717, 1.165) is 54.6 Å². The van der Waals surface area contributed by atoms with Crippen LogP contribution in [0.5, 0.6) is 0 Å². The molecule has 1 heterocycles. The fourth-order valence-corrected chi connectivity index (χ4v) is 4.80. The quantitative estimate of drug-likeness (QED) is 0.796. The van der Waals surface area contributed by atoms with E-state index in [2.05, 4.69) is 11.5 Å². The molecule has 28 heavy (non-hydrogen) atoms. The Kier molecular flexibility index (Phi) is 5.56. The van der Waals surface area contributed by atoms with Crippen LogP contribution >= 0.6 is 0 Å². The molecule has 1 atom stereocenters. The molecule has 0 spiro atoms. The zero-order valence-corrected chi connectivity index (χ0v) is 16.4. The smallest absolute Gasteiger partial charge is 0.130 e. The molecule has 4 nitrogen and oxygen atoms in total. The molecule has 150 valence electrons. The Morgan fingerprint density at radius 1 is 1.14 bits per heavy atom. The largest absolute Gasteiger partial charge is 0.490 e. The number of benzene rings is 1. The highest BCUT2D eigenvalue weighted by atomic mass is 19.1. The number of rotatable bonds is 6. The molecular weight excluding hydrogens is 357 g/mol. The van der Waals surface area contributed by atoms with Gasteiger partial charge in [-0.25, -0.2) is 4.39 Å². The van der Waals surface area contributed by atoms with E-state index in [1.54, 1.807) is 0 Å². The van der Waals surface area contributed by atoms with Crippen LogP contribution in [0.4, 0.5) is 4.39 Å². The number of hydrogen-bond acceptors (Lipinski definition) is 3. The van der Waals surface area contributed by atoms with Crippen LogP contribution in [0.25, 0.3) is 5.76 Å². The third kappa shape index (κ3) is 3.38. The van der Waals surface area contributed by atoms with Crippen LogP contribution in [0.2, 0.25) is 0 Å². The molecule has 0 aliphatic heterocycles. The second-order valence-corrected chi connectivity index (χ2v) is 7.87. The Morgan fingerprint density at radius 2 is 1.89 bits per heavy atom. The minimum atomic E-state index is -0.219. The van der Waals surface area contributed by atoms with Crippen molar-refractivity contribution in [2.45, 2.75) is 51.5 Å². The number of aromatic nitrogens is 1. The zero-order chi connectivity index (χ0) is 19.7. The second kappa shape index (κ2) is 8.10. The van der Waals surface area contributed by atoms with Crippen molar-refractivity contribution in [3.8, 4) is 0 Å². The summed E-state index contributed by atoms with van der Waals surface area (Å²) in [6, 6.07) is 6.73. The van der Waals surface area contributed by atoms with Crippen LogP contribution in [0, 0.1) is 5.82 Å². The minimum Gasteiger partial charge on any atom is -0.490 e. The maximum absolute atomic E-state index is 13.4. The first-order valence-electron chi connectivity index (χ1n) is 10.2. The predicted molar refractivity (Wildman–Crippen MR) is 107 cm³/mol. The topological polar surface area (TPSA) is 54.6 Å². The summed E-state index contributed by atoms with van der Waals surface area (Å²) < 4.78 is 21.7. The Balaban J connectivity index is 1.86. The van der Waals surface area contributed by atoms with E-state index in [-0.39, 0.29) is 31.6 Å². The van der Waals surface area contributed by atoms with Gasteiger partial charge in [-0.15, -0.1) is 0 Å². The molecule has 0 saturated heterocycles. The lowest BCUT2D eigenvalue weighted by Crippen LogP contribution is -2.17. The van der Waals surface area contributed by atoms with Crippen molar-refractivity contribution in [3.05, 3.63) is 63.7 Å². The first-order valence-corrected chi connectivity index (χ1v) is 10.2. The lowest BCUT2D eigenvalue weighted by Gasteiger charge is -2.27. The van der Waals surface area contributed by atoms with Gasteiger partial charge in [0.2, 0.25) is 0 Å². The molecule has 0 bridgehead atoms. The maximum atomic E-state index is 13.4. The van der Waals surface area contributed by atoms with E-state index in [1.807, 2.05) is 12.1 Å². The van der Waals surface area contributed by atoms with E-state index >= 15 is 0 Å². The average Bonchev–Trinajstić information content (AvgIpc) is 3.04. The first kappa shape index (κ1) is 19.2. The predicted octanol–water partition coefficient (Wildman–Crippen LogP) is 3.77. The number of fused-ring (bicyclic) bond motifs is 3. The fourth-order valence-electron chi connectivity index (χ4n) is 4.80.